The molecule has 0 aromatic carbocycles. The van der Waals surface area contributed by atoms with Gasteiger partial charge >= 0.3 is 0 Å². The Kier molecular flexibility index (Phi) is 11.3. The van der Waals surface area contributed by atoms with Crippen molar-refractivity contribution in [3.8, 4) is 12.8 Å². The third-order valence-electron chi connectivity index (χ3n) is 3.64. The van der Waals surface area contributed by atoms with E-state index in [4.69, 9.17) is 5.73 Å². The van der Waals surface area contributed by atoms with Crippen LogP contribution in [0, 0.1) is 24.2 Å². The molecule has 0 radical (unpaired) electrons. The summed E-state index contributed by atoms with van der Waals surface area (Å²) >= 11 is 0. The maximum Gasteiger partial charge on any atom is -0.00746 e. The molecule has 0 saturated carbocycles. The summed E-state index contributed by atoms with van der Waals surface area (Å²) < 4.78 is 0. The van der Waals surface area contributed by atoms with Crippen molar-refractivity contribution in [2.75, 3.05) is 6.54 Å². The maximum absolute atomic E-state index is 5.61. The van der Waals surface area contributed by atoms with E-state index in [-0.39, 0.29) is 0 Å². The molecule has 15 heavy (non-hydrogen) atoms. The number of nitrogens with two attached hydrogens (primary N) is 1. The molecule has 1 atom stereocenters. The van der Waals surface area contributed by atoms with E-state index in [2.05, 4.69) is 40.5 Å². The largest absolute Gasteiger partial charge is 0.330 e. The predicted octanol–water partition coefficient (Wildman–Crippen LogP) is 3.83. The van der Waals surface area contributed by atoms with Gasteiger partial charge in [0.2, 0.25) is 0 Å². The Labute approximate surface area is 96.8 Å². The summed E-state index contributed by atoms with van der Waals surface area (Å²) in [6.45, 7) is 10.2. The molecule has 0 aliphatic heterocycles. The highest BCUT2D eigenvalue weighted by Gasteiger charge is 2.23. The lowest BCUT2D eigenvalue weighted by Crippen LogP contribution is -2.20. The molecular weight excluding hydrogens is 182 g/mol. The van der Waals surface area contributed by atoms with Gasteiger partial charge in [0, 0.05) is 0 Å². The van der Waals surface area contributed by atoms with E-state index in [9.17, 15) is 0 Å². The topological polar surface area (TPSA) is 26.0 Å². The molecule has 0 fully saturated rings. The first-order valence-electron chi connectivity index (χ1n) is 6.15. The second-order valence-electron chi connectivity index (χ2n) is 4.57. The van der Waals surface area contributed by atoms with Gasteiger partial charge < -0.3 is 5.73 Å². The standard InChI is InChI=1S/C12H27N.C2H2/c1-5-11(8-9-13)10-12(4,6-2)7-3;1-2/h11H,5-10,13H2,1-4H3;1-2H. The highest BCUT2D eigenvalue weighted by atomic mass is 14.5. The van der Waals surface area contributed by atoms with Gasteiger partial charge in [0.15, 0.2) is 0 Å². The van der Waals surface area contributed by atoms with Gasteiger partial charge in [0.25, 0.3) is 0 Å². The molecule has 1 nitrogen and oxygen atoms in total. The van der Waals surface area contributed by atoms with Gasteiger partial charge in [-0.15, -0.1) is 12.8 Å². The van der Waals surface area contributed by atoms with Crippen molar-refractivity contribution in [1.82, 2.24) is 0 Å². The average Bonchev–Trinajstić information content (AvgIpc) is 2.31. The van der Waals surface area contributed by atoms with Crippen LogP contribution in [0.1, 0.15) is 59.8 Å². The third kappa shape index (κ3) is 7.45. The molecule has 0 aromatic rings. The summed E-state index contributed by atoms with van der Waals surface area (Å²) in [7, 11) is 0. The minimum Gasteiger partial charge on any atom is -0.330 e. The Morgan fingerprint density at radius 1 is 1.13 bits per heavy atom. The number of rotatable bonds is 7. The van der Waals surface area contributed by atoms with E-state index in [1.807, 2.05) is 0 Å². The molecule has 0 aromatic heterocycles. The first-order valence-corrected chi connectivity index (χ1v) is 6.15. The van der Waals surface area contributed by atoms with E-state index in [0.29, 0.717) is 5.41 Å². The first kappa shape index (κ1) is 16.9. The van der Waals surface area contributed by atoms with Gasteiger partial charge in [-0.2, -0.15) is 0 Å². The normalized spacial score (nSPS) is 12.7. The zero-order valence-electron chi connectivity index (χ0n) is 11.1. The fraction of sp³-hybridized carbons (Fsp3) is 0.857. The quantitative estimate of drug-likeness (QED) is 0.636. The van der Waals surface area contributed by atoms with Crippen molar-refractivity contribution in [2.45, 2.75) is 59.8 Å². The van der Waals surface area contributed by atoms with Crippen LogP contribution in [0.4, 0.5) is 0 Å². The maximum atomic E-state index is 5.61. The summed E-state index contributed by atoms with van der Waals surface area (Å²) in [6, 6.07) is 0. The first-order chi connectivity index (χ1) is 7.11. The smallest absolute Gasteiger partial charge is 0.00746 e. The van der Waals surface area contributed by atoms with Crippen LogP contribution in [-0.2, 0) is 0 Å². The van der Waals surface area contributed by atoms with E-state index in [1.54, 1.807) is 0 Å². The van der Waals surface area contributed by atoms with Crippen LogP contribution in [0.5, 0.6) is 0 Å². The fourth-order valence-electron chi connectivity index (χ4n) is 1.92. The van der Waals surface area contributed by atoms with Gasteiger partial charge in [-0.1, -0.05) is 47.0 Å². The van der Waals surface area contributed by atoms with E-state index >= 15 is 0 Å². The Balaban J connectivity index is 0. The molecule has 0 amide bonds. The molecular formula is C14H29N. The Hall–Kier alpha value is -0.480. The molecule has 0 bridgehead atoms. The lowest BCUT2D eigenvalue weighted by Gasteiger charge is -2.31. The second-order valence-corrected chi connectivity index (χ2v) is 4.57. The summed E-state index contributed by atoms with van der Waals surface area (Å²) in [5.41, 5.74) is 6.16. The monoisotopic (exact) mass is 211 g/mol. The van der Waals surface area contributed by atoms with Crippen LogP contribution in [0.25, 0.3) is 0 Å². The highest BCUT2D eigenvalue weighted by molar-refractivity contribution is 4.75. The van der Waals surface area contributed by atoms with Gasteiger partial charge in [0.1, 0.15) is 0 Å². The van der Waals surface area contributed by atoms with Crippen molar-refractivity contribution in [3.05, 3.63) is 0 Å². The van der Waals surface area contributed by atoms with E-state index in [1.165, 1.54) is 32.1 Å². The zero-order chi connectivity index (χ0) is 12.3. The molecule has 90 valence electrons. The summed E-state index contributed by atoms with van der Waals surface area (Å²) in [5.74, 6) is 0.842. The minimum atomic E-state index is 0.551. The molecule has 0 rings (SSSR count). The molecule has 1 unspecified atom stereocenters. The van der Waals surface area contributed by atoms with E-state index in [0.717, 1.165) is 12.5 Å². The van der Waals surface area contributed by atoms with Crippen molar-refractivity contribution < 1.29 is 0 Å². The molecule has 2 N–H and O–H groups in total. The third-order valence-corrected chi connectivity index (χ3v) is 3.64. The molecule has 0 spiro atoms. The van der Waals surface area contributed by atoms with E-state index < -0.39 is 0 Å². The van der Waals surface area contributed by atoms with Crippen molar-refractivity contribution in [1.29, 1.82) is 0 Å². The Morgan fingerprint density at radius 2 is 1.60 bits per heavy atom. The van der Waals surface area contributed by atoms with Crippen molar-refractivity contribution in [2.24, 2.45) is 17.1 Å². The second kappa shape index (κ2) is 10.1. The number of hydrogen-bond acceptors (Lipinski definition) is 1. The predicted molar refractivity (Wildman–Crippen MR) is 70.6 cm³/mol. The molecule has 0 saturated heterocycles. The molecule has 0 heterocycles. The summed E-state index contributed by atoms with van der Waals surface area (Å²) in [6.07, 6.45) is 14.4. The van der Waals surface area contributed by atoms with Gasteiger partial charge in [-0.3, -0.25) is 0 Å². The lowest BCUT2D eigenvalue weighted by molar-refractivity contribution is 0.211. The fourth-order valence-corrected chi connectivity index (χ4v) is 1.92. The summed E-state index contributed by atoms with van der Waals surface area (Å²) in [5, 5.41) is 0. The zero-order valence-corrected chi connectivity index (χ0v) is 11.1. The highest BCUT2D eigenvalue weighted by Crippen LogP contribution is 2.35. The van der Waals surface area contributed by atoms with Gasteiger partial charge in [-0.05, 0) is 30.7 Å². The molecule has 1 heteroatoms. The lowest BCUT2D eigenvalue weighted by atomic mass is 9.75. The van der Waals surface area contributed by atoms with Crippen LogP contribution >= 0.6 is 0 Å². The van der Waals surface area contributed by atoms with Crippen molar-refractivity contribution in [3.63, 3.8) is 0 Å². The Morgan fingerprint density at radius 3 is 1.87 bits per heavy atom. The SMILES string of the molecule is C#C.CCC(CCN)CC(C)(CC)CC. The van der Waals surface area contributed by atoms with Crippen LogP contribution in [-0.4, -0.2) is 6.54 Å². The number of terminal acetylenes is 1. The average molecular weight is 211 g/mol. The van der Waals surface area contributed by atoms with Gasteiger partial charge in [0.05, 0.1) is 0 Å². The van der Waals surface area contributed by atoms with Crippen LogP contribution in [0.3, 0.4) is 0 Å². The summed E-state index contributed by atoms with van der Waals surface area (Å²) in [4.78, 5) is 0. The Bertz CT molecular complexity index is 145. The van der Waals surface area contributed by atoms with Crippen LogP contribution in [0.15, 0.2) is 0 Å². The van der Waals surface area contributed by atoms with Gasteiger partial charge in [-0.25, -0.2) is 0 Å². The van der Waals surface area contributed by atoms with Crippen LogP contribution in [0.2, 0.25) is 0 Å². The van der Waals surface area contributed by atoms with Crippen LogP contribution < -0.4 is 5.73 Å². The number of hydrogen-bond donors (Lipinski definition) is 1. The molecule has 0 aliphatic carbocycles. The molecule has 0 aliphatic rings. The minimum absolute atomic E-state index is 0.551. The van der Waals surface area contributed by atoms with Crippen molar-refractivity contribution >= 4 is 0 Å².